The van der Waals surface area contributed by atoms with Crippen LogP contribution in [0.25, 0.3) is 0 Å². The van der Waals surface area contributed by atoms with E-state index in [2.05, 4.69) is 25.2 Å². The summed E-state index contributed by atoms with van der Waals surface area (Å²) in [5.41, 5.74) is -0.0760. The van der Waals surface area contributed by atoms with Crippen molar-refractivity contribution in [1.29, 1.82) is 0 Å². The lowest BCUT2D eigenvalue weighted by atomic mass is 9.96. The molecule has 25 heavy (non-hydrogen) atoms. The number of carbonyl (C=O) groups excluding carboxylic acids is 1. The normalized spacial score (nSPS) is 16.1. The van der Waals surface area contributed by atoms with Gasteiger partial charge in [-0.2, -0.15) is 4.98 Å². The molecule has 3 heterocycles. The minimum atomic E-state index is -0.656. The lowest BCUT2D eigenvalue weighted by Gasteiger charge is -2.15. The zero-order chi connectivity index (χ0) is 18.0. The molecule has 0 aliphatic carbocycles. The molecule has 1 aliphatic rings. The van der Waals surface area contributed by atoms with E-state index in [0.717, 1.165) is 31.7 Å². The van der Waals surface area contributed by atoms with Crippen LogP contribution in [-0.2, 0) is 10.2 Å². The van der Waals surface area contributed by atoms with Crippen molar-refractivity contribution in [3.8, 4) is 0 Å². The van der Waals surface area contributed by atoms with Crippen LogP contribution in [0.1, 0.15) is 68.8 Å². The Hall–Kier alpha value is -2.51. The lowest BCUT2D eigenvalue weighted by molar-refractivity contribution is 0.0257. The van der Waals surface area contributed by atoms with Crippen LogP contribution >= 0.6 is 0 Å². The van der Waals surface area contributed by atoms with Crippen molar-refractivity contribution in [2.24, 2.45) is 0 Å². The van der Waals surface area contributed by atoms with Crippen molar-refractivity contribution < 1.29 is 14.1 Å². The molecule has 8 nitrogen and oxygen atoms in total. The van der Waals surface area contributed by atoms with Gasteiger partial charge in [-0.15, -0.1) is 10.2 Å². The predicted octanol–water partition coefficient (Wildman–Crippen LogP) is 2.68. The van der Waals surface area contributed by atoms with Crippen LogP contribution in [-0.4, -0.2) is 39.4 Å². The van der Waals surface area contributed by atoms with Crippen LogP contribution in [0.5, 0.6) is 0 Å². The molecule has 0 aromatic carbocycles. The summed E-state index contributed by atoms with van der Waals surface area (Å²) in [5.74, 6) is 1.05. The third-order valence-corrected chi connectivity index (χ3v) is 4.03. The molecule has 1 fully saturated rings. The number of hydrogen-bond donors (Lipinski definition) is 0. The van der Waals surface area contributed by atoms with Crippen molar-refractivity contribution in [2.75, 3.05) is 18.0 Å². The molecule has 2 aromatic heterocycles. The Morgan fingerprint density at radius 2 is 1.96 bits per heavy atom. The van der Waals surface area contributed by atoms with Gasteiger partial charge in [0, 0.05) is 18.5 Å². The van der Waals surface area contributed by atoms with Crippen molar-refractivity contribution in [3.63, 3.8) is 0 Å². The van der Waals surface area contributed by atoms with Gasteiger partial charge in [-0.25, -0.2) is 4.79 Å². The Labute approximate surface area is 146 Å². The standard InChI is InChI=1S/C17H23N5O3/c1-11(14-18-16(21-25-14)17(2,3)4)24-15(23)12-7-8-13(20-19-12)22-9-5-6-10-22/h7-8,11H,5-6,9-10H2,1-4H3. The first-order chi connectivity index (χ1) is 11.8. The second kappa shape index (κ2) is 6.78. The molecule has 134 valence electrons. The van der Waals surface area contributed by atoms with Crippen molar-refractivity contribution >= 4 is 11.8 Å². The van der Waals surface area contributed by atoms with Gasteiger partial charge in [0.15, 0.2) is 23.4 Å². The van der Waals surface area contributed by atoms with E-state index in [4.69, 9.17) is 9.26 Å². The number of rotatable bonds is 4. The monoisotopic (exact) mass is 345 g/mol. The molecular weight excluding hydrogens is 322 g/mol. The van der Waals surface area contributed by atoms with Crippen molar-refractivity contribution in [1.82, 2.24) is 20.3 Å². The van der Waals surface area contributed by atoms with Crippen LogP contribution < -0.4 is 4.90 Å². The molecule has 1 aliphatic heterocycles. The van der Waals surface area contributed by atoms with Gasteiger partial charge in [-0.1, -0.05) is 25.9 Å². The smallest absolute Gasteiger partial charge is 0.359 e. The molecule has 8 heteroatoms. The number of anilines is 1. The fourth-order valence-corrected chi connectivity index (χ4v) is 2.53. The van der Waals surface area contributed by atoms with Gasteiger partial charge in [0.05, 0.1) is 0 Å². The van der Waals surface area contributed by atoms with Gasteiger partial charge in [0.1, 0.15) is 0 Å². The average molecular weight is 345 g/mol. The Morgan fingerprint density at radius 3 is 2.52 bits per heavy atom. The Morgan fingerprint density at radius 1 is 1.24 bits per heavy atom. The van der Waals surface area contributed by atoms with Gasteiger partial charge in [0.25, 0.3) is 5.89 Å². The fraction of sp³-hybridized carbons (Fsp3) is 0.588. The molecule has 0 radical (unpaired) electrons. The number of aromatic nitrogens is 4. The molecule has 1 saturated heterocycles. The van der Waals surface area contributed by atoms with Crippen LogP contribution in [0.2, 0.25) is 0 Å². The van der Waals surface area contributed by atoms with Gasteiger partial charge < -0.3 is 14.2 Å². The summed E-state index contributed by atoms with van der Waals surface area (Å²) in [5, 5.41) is 12.0. The van der Waals surface area contributed by atoms with Crippen LogP contribution in [0.15, 0.2) is 16.7 Å². The second-order valence-electron chi connectivity index (χ2n) is 7.22. The van der Waals surface area contributed by atoms with E-state index in [-0.39, 0.29) is 17.0 Å². The minimum absolute atomic E-state index is 0.158. The zero-order valence-corrected chi connectivity index (χ0v) is 15.0. The van der Waals surface area contributed by atoms with E-state index in [1.807, 2.05) is 20.8 Å². The second-order valence-corrected chi connectivity index (χ2v) is 7.22. The van der Waals surface area contributed by atoms with E-state index < -0.39 is 12.1 Å². The summed E-state index contributed by atoms with van der Waals surface area (Å²) in [6, 6.07) is 3.42. The molecule has 3 rings (SSSR count). The highest BCUT2D eigenvalue weighted by Gasteiger charge is 2.25. The van der Waals surface area contributed by atoms with E-state index >= 15 is 0 Å². The van der Waals surface area contributed by atoms with Crippen LogP contribution in [0.3, 0.4) is 0 Å². The molecule has 0 N–H and O–H groups in total. The maximum absolute atomic E-state index is 12.2. The minimum Gasteiger partial charge on any atom is -0.448 e. The number of nitrogens with zero attached hydrogens (tertiary/aromatic N) is 5. The van der Waals surface area contributed by atoms with E-state index in [1.54, 1.807) is 19.1 Å². The Kier molecular flexibility index (Phi) is 4.69. The average Bonchev–Trinajstić information content (AvgIpc) is 3.26. The summed E-state index contributed by atoms with van der Waals surface area (Å²) in [6.45, 7) is 9.58. The highest BCUT2D eigenvalue weighted by atomic mass is 16.6. The summed E-state index contributed by atoms with van der Waals surface area (Å²) in [4.78, 5) is 18.7. The quantitative estimate of drug-likeness (QED) is 0.781. The summed E-state index contributed by atoms with van der Waals surface area (Å²) in [7, 11) is 0. The Bertz CT molecular complexity index is 729. The van der Waals surface area contributed by atoms with Gasteiger partial charge in [-0.3, -0.25) is 0 Å². The molecule has 0 saturated carbocycles. The first kappa shape index (κ1) is 17.3. The van der Waals surface area contributed by atoms with Crippen molar-refractivity contribution in [2.45, 2.75) is 52.1 Å². The van der Waals surface area contributed by atoms with Crippen LogP contribution in [0.4, 0.5) is 5.82 Å². The van der Waals surface area contributed by atoms with E-state index in [1.165, 1.54) is 0 Å². The number of esters is 1. The molecule has 0 spiro atoms. The molecule has 1 atom stereocenters. The lowest BCUT2D eigenvalue weighted by Crippen LogP contribution is -2.20. The molecular formula is C17H23N5O3. The third kappa shape index (κ3) is 3.94. The Balaban J connectivity index is 1.64. The summed E-state index contributed by atoms with van der Waals surface area (Å²) >= 11 is 0. The topological polar surface area (TPSA) is 94.2 Å². The zero-order valence-electron chi connectivity index (χ0n) is 15.0. The van der Waals surface area contributed by atoms with E-state index in [9.17, 15) is 4.79 Å². The fourth-order valence-electron chi connectivity index (χ4n) is 2.53. The molecule has 0 amide bonds. The number of hydrogen-bond acceptors (Lipinski definition) is 8. The maximum atomic E-state index is 12.2. The van der Waals surface area contributed by atoms with Gasteiger partial charge in [0.2, 0.25) is 0 Å². The first-order valence-corrected chi connectivity index (χ1v) is 8.48. The number of ether oxygens (including phenoxy) is 1. The third-order valence-electron chi connectivity index (χ3n) is 4.03. The summed E-state index contributed by atoms with van der Waals surface area (Å²) in [6.07, 6.45) is 1.66. The highest BCUT2D eigenvalue weighted by molar-refractivity contribution is 5.87. The number of carbonyl (C=O) groups is 1. The largest absolute Gasteiger partial charge is 0.448 e. The maximum Gasteiger partial charge on any atom is 0.359 e. The first-order valence-electron chi connectivity index (χ1n) is 8.48. The van der Waals surface area contributed by atoms with E-state index in [0.29, 0.717) is 5.82 Å². The molecule has 0 bridgehead atoms. The SMILES string of the molecule is CC(OC(=O)c1ccc(N2CCCC2)nn1)c1nc(C(C)(C)C)no1. The van der Waals surface area contributed by atoms with Crippen LogP contribution in [0, 0.1) is 0 Å². The molecule has 2 aromatic rings. The van der Waals surface area contributed by atoms with Gasteiger partial charge >= 0.3 is 5.97 Å². The predicted molar refractivity (Wildman–Crippen MR) is 90.3 cm³/mol. The summed E-state index contributed by atoms with van der Waals surface area (Å²) < 4.78 is 10.6. The van der Waals surface area contributed by atoms with Crippen molar-refractivity contribution in [3.05, 3.63) is 29.5 Å². The highest BCUT2D eigenvalue weighted by Crippen LogP contribution is 2.23. The molecule has 1 unspecified atom stereocenters. The van der Waals surface area contributed by atoms with Gasteiger partial charge in [-0.05, 0) is 31.9 Å².